The highest BCUT2D eigenvalue weighted by atomic mass is 32.2. The van der Waals surface area contributed by atoms with Crippen molar-refractivity contribution in [3.05, 3.63) is 83.9 Å². The van der Waals surface area contributed by atoms with Crippen LogP contribution in [0.5, 0.6) is 5.75 Å². The van der Waals surface area contributed by atoms with Crippen LogP contribution in [0.3, 0.4) is 0 Å². The zero-order chi connectivity index (χ0) is 27.4. The quantitative estimate of drug-likeness (QED) is 0.283. The van der Waals surface area contributed by atoms with E-state index in [0.717, 1.165) is 23.4 Å². The number of rotatable bonds is 9. The summed E-state index contributed by atoms with van der Waals surface area (Å²) in [6.07, 6.45) is -4.58. The van der Waals surface area contributed by atoms with Crippen molar-refractivity contribution in [2.75, 3.05) is 31.1 Å². The molecule has 0 spiro atoms. The third kappa shape index (κ3) is 7.99. The Balaban J connectivity index is 1.51. The minimum atomic E-state index is -4.68. The van der Waals surface area contributed by atoms with Gasteiger partial charge in [-0.1, -0.05) is 48.2 Å². The molecule has 1 heterocycles. The van der Waals surface area contributed by atoms with Gasteiger partial charge in [-0.15, -0.1) is 0 Å². The van der Waals surface area contributed by atoms with Crippen LogP contribution < -0.4 is 15.0 Å². The van der Waals surface area contributed by atoms with Crippen LogP contribution in [0.15, 0.2) is 82.6 Å². The molecule has 0 amide bonds. The van der Waals surface area contributed by atoms with Gasteiger partial charge in [-0.25, -0.2) is 4.57 Å². The molecule has 0 radical (unpaired) electrons. The van der Waals surface area contributed by atoms with Crippen LogP contribution in [0.4, 0.5) is 18.9 Å². The standard InChI is InChI=1S/C26H28F3N2O5PS/c1-25(18-36-37(32,33)34)17-31(13-12-30-25)20-10-11-24(23(14-20)26(27,28)29)38-22-9-5-8-21(15-22)35-16-19-6-3-2-4-7-19/h2-11,14-15,30H,12-13,16-18H2,1H3,(H2,32,33,34)/t25-/m1/s1. The van der Waals surface area contributed by atoms with E-state index in [-0.39, 0.29) is 18.0 Å². The largest absolute Gasteiger partial charge is 0.489 e. The zero-order valence-corrected chi connectivity index (χ0v) is 22.2. The van der Waals surface area contributed by atoms with Crippen LogP contribution in [0, 0.1) is 0 Å². The molecule has 3 N–H and O–H groups in total. The van der Waals surface area contributed by atoms with Gasteiger partial charge in [0.25, 0.3) is 0 Å². The summed E-state index contributed by atoms with van der Waals surface area (Å²) in [6, 6.07) is 20.7. The van der Waals surface area contributed by atoms with Gasteiger partial charge >= 0.3 is 14.0 Å². The highest BCUT2D eigenvalue weighted by molar-refractivity contribution is 7.99. The maximum Gasteiger partial charge on any atom is 0.469 e. The predicted octanol–water partition coefficient (Wildman–Crippen LogP) is 5.71. The van der Waals surface area contributed by atoms with Gasteiger partial charge in [0.15, 0.2) is 0 Å². The fourth-order valence-electron chi connectivity index (χ4n) is 4.11. The molecule has 0 unspecified atom stereocenters. The number of phosphoric ester groups is 1. The van der Waals surface area contributed by atoms with Crippen LogP contribution in [-0.2, 0) is 21.9 Å². The van der Waals surface area contributed by atoms with E-state index in [1.165, 1.54) is 6.07 Å². The van der Waals surface area contributed by atoms with Crippen LogP contribution in [0.2, 0.25) is 0 Å². The number of alkyl halides is 3. The van der Waals surface area contributed by atoms with Crippen LogP contribution >= 0.6 is 19.6 Å². The third-order valence-electron chi connectivity index (χ3n) is 5.94. The molecule has 1 atom stereocenters. The van der Waals surface area contributed by atoms with Crippen molar-refractivity contribution in [3.8, 4) is 5.75 Å². The average Bonchev–Trinajstić information content (AvgIpc) is 2.86. The van der Waals surface area contributed by atoms with E-state index in [4.69, 9.17) is 14.5 Å². The van der Waals surface area contributed by atoms with Crippen molar-refractivity contribution >= 4 is 25.3 Å². The van der Waals surface area contributed by atoms with E-state index in [9.17, 15) is 17.7 Å². The smallest absolute Gasteiger partial charge is 0.469 e. The molecule has 1 aliphatic rings. The second-order valence-electron chi connectivity index (χ2n) is 9.20. The van der Waals surface area contributed by atoms with E-state index < -0.39 is 25.1 Å². The van der Waals surface area contributed by atoms with Crippen molar-refractivity contribution in [1.82, 2.24) is 5.32 Å². The first-order chi connectivity index (χ1) is 17.9. The average molecular weight is 569 g/mol. The number of benzene rings is 3. The lowest BCUT2D eigenvalue weighted by Crippen LogP contribution is -2.61. The molecule has 204 valence electrons. The minimum absolute atomic E-state index is 0.0594. The van der Waals surface area contributed by atoms with Crippen LogP contribution in [-0.4, -0.2) is 41.6 Å². The van der Waals surface area contributed by atoms with Gasteiger partial charge in [0.05, 0.1) is 17.7 Å². The lowest BCUT2D eigenvalue weighted by Gasteiger charge is -2.42. The molecule has 7 nitrogen and oxygen atoms in total. The van der Waals surface area contributed by atoms with Gasteiger partial charge in [-0.05, 0) is 48.9 Å². The molecular weight excluding hydrogens is 540 g/mol. The molecule has 3 aromatic carbocycles. The fraction of sp³-hybridized carbons (Fsp3) is 0.308. The summed E-state index contributed by atoms with van der Waals surface area (Å²) in [6.45, 7) is 2.80. The molecule has 4 rings (SSSR count). The summed E-state index contributed by atoms with van der Waals surface area (Å²) in [5.74, 6) is 0.557. The topological polar surface area (TPSA) is 91.3 Å². The van der Waals surface area contributed by atoms with Gasteiger partial charge in [-0.2, -0.15) is 13.2 Å². The van der Waals surface area contributed by atoms with Crippen molar-refractivity contribution in [2.24, 2.45) is 0 Å². The Morgan fingerprint density at radius 1 is 1.08 bits per heavy atom. The zero-order valence-electron chi connectivity index (χ0n) is 20.5. The van der Waals surface area contributed by atoms with Crippen molar-refractivity contribution < 1.29 is 36.8 Å². The molecule has 3 aromatic rings. The molecule has 0 aliphatic carbocycles. The summed E-state index contributed by atoms with van der Waals surface area (Å²) >= 11 is 1.01. The highest BCUT2D eigenvalue weighted by Crippen LogP contribution is 2.42. The normalized spacial score (nSPS) is 18.4. The summed E-state index contributed by atoms with van der Waals surface area (Å²) in [5.41, 5.74) is -0.267. The molecule has 0 saturated carbocycles. The second-order valence-corrected chi connectivity index (χ2v) is 11.6. The molecule has 38 heavy (non-hydrogen) atoms. The number of hydrogen-bond donors (Lipinski definition) is 3. The molecule has 12 heteroatoms. The highest BCUT2D eigenvalue weighted by Gasteiger charge is 2.37. The third-order valence-corrected chi connectivity index (χ3v) is 7.47. The molecule has 1 saturated heterocycles. The Bertz CT molecular complexity index is 1290. The van der Waals surface area contributed by atoms with Crippen molar-refractivity contribution in [3.63, 3.8) is 0 Å². The van der Waals surface area contributed by atoms with E-state index in [0.29, 0.717) is 36.0 Å². The van der Waals surface area contributed by atoms with E-state index >= 15 is 0 Å². The second kappa shape index (κ2) is 11.7. The Morgan fingerprint density at radius 2 is 1.84 bits per heavy atom. The Kier molecular flexibility index (Phi) is 8.76. The summed E-state index contributed by atoms with van der Waals surface area (Å²) < 4.78 is 63.9. The predicted molar refractivity (Wildman–Crippen MR) is 139 cm³/mol. The first-order valence-corrected chi connectivity index (χ1v) is 14.1. The first-order valence-electron chi connectivity index (χ1n) is 11.8. The lowest BCUT2D eigenvalue weighted by molar-refractivity contribution is -0.139. The van der Waals surface area contributed by atoms with E-state index in [2.05, 4.69) is 9.84 Å². The van der Waals surface area contributed by atoms with E-state index in [1.807, 2.05) is 30.3 Å². The number of ether oxygens (including phenoxy) is 1. The summed E-state index contributed by atoms with van der Waals surface area (Å²) in [4.78, 5) is 20.5. The van der Waals surface area contributed by atoms with Crippen LogP contribution in [0.25, 0.3) is 0 Å². The van der Waals surface area contributed by atoms with Gasteiger partial charge in [0, 0.05) is 35.1 Å². The molecule has 0 aromatic heterocycles. The fourth-order valence-corrected chi connectivity index (χ4v) is 5.56. The van der Waals surface area contributed by atoms with Gasteiger partial charge in [-0.3, -0.25) is 4.52 Å². The van der Waals surface area contributed by atoms with Crippen LogP contribution in [0.1, 0.15) is 18.1 Å². The maximum atomic E-state index is 14.1. The monoisotopic (exact) mass is 568 g/mol. The van der Waals surface area contributed by atoms with Crippen molar-refractivity contribution in [2.45, 2.75) is 35.0 Å². The number of halogens is 3. The van der Waals surface area contributed by atoms with E-state index in [1.54, 1.807) is 42.2 Å². The van der Waals surface area contributed by atoms with Gasteiger partial charge in [0.2, 0.25) is 0 Å². The maximum absolute atomic E-state index is 14.1. The minimum Gasteiger partial charge on any atom is -0.489 e. The Labute approximate surface area is 223 Å². The first kappa shape index (κ1) is 28.5. The Hall–Kier alpha value is -2.53. The number of phosphoric acid groups is 1. The molecule has 0 bridgehead atoms. The molecule has 1 fully saturated rings. The summed E-state index contributed by atoms with van der Waals surface area (Å²) in [7, 11) is -4.68. The number of nitrogens with one attached hydrogen (secondary N) is 1. The summed E-state index contributed by atoms with van der Waals surface area (Å²) in [5, 5.41) is 3.13. The Morgan fingerprint density at radius 3 is 2.55 bits per heavy atom. The van der Waals surface area contributed by atoms with Gasteiger partial charge in [0.1, 0.15) is 12.4 Å². The molecule has 1 aliphatic heterocycles. The molecular formula is C26H28F3N2O5PS. The van der Waals surface area contributed by atoms with Crippen molar-refractivity contribution in [1.29, 1.82) is 0 Å². The SMILES string of the molecule is C[C@]1(COP(=O)(O)O)CN(c2ccc(Sc3cccc(OCc4ccccc4)c3)c(C(F)(F)F)c2)CCN1. The number of anilines is 1. The van der Waals surface area contributed by atoms with Gasteiger partial charge < -0.3 is 24.7 Å². The lowest BCUT2D eigenvalue weighted by atomic mass is 9.99. The number of hydrogen-bond acceptors (Lipinski definition) is 6. The number of nitrogens with zero attached hydrogens (tertiary/aromatic N) is 1. The number of piperazine rings is 1.